The van der Waals surface area contributed by atoms with Crippen LogP contribution in [0.15, 0.2) is 53.4 Å². The van der Waals surface area contributed by atoms with Crippen LogP contribution in [0.2, 0.25) is 0 Å². The summed E-state index contributed by atoms with van der Waals surface area (Å²) in [7, 11) is -1.03. The Morgan fingerprint density at radius 2 is 1.83 bits per heavy atom. The fourth-order valence-electron chi connectivity index (χ4n) is 5.39. The summed E-state index contributed by atoms with van der Waals surface area (Å²) in [6, 6.07) is 12.5. The zero-order valence-electron chi connectivity index (χ0n) is 25.6. The fraction of sp³-hybridized carbons (Fsp3) is 0.323. The Morgan fingerprint density at radius 3 is 2.57 bits per heavy atom. The van der Waals surface area contributed by atoms with Gasteiger partial charge in [-0.1, -0.05) is 0 Å². The predicted octanol–water partition coefficient (Wildman–Crippen LogP) is 3.03. The second-order valence-electron chi connectivity index (χ2n) is 11.0. The third-order valence-corrected chi connectivity index (χ3v) is 10.9. The normalized spacial score (nSPS) is 19.0. The number of benzene rings is 2. The molecule has 7 rings (SSSR count). The Morgan fingerprint density at radius 1 is 1.00 bits per heavy atom. The van der Waals surface area contributed by atoms with Crippen molar-refractivity contribution in [1.29, 1.82) is 0 Å². The van der Waals surface area contributed by atoms with Crippen molar-refractivity contribution in [3.63, 3.8) is 0 Å². The van der Waals surface area contributed by atoms with Gasteiger partial charge >= 0.3 is 0 Å². The number of rotatable bonds is 5. The third-order valence-electron chi connectivity index (χ3n) is 7.77. The number of carbonyl (C=O) groups is 2. The maximum atomic E-state index is 14.1. The monoisotopic (exact) mass is 667 g/mol. The lowest BCUT2D eigenvalue weighted by Gasteiger charge is -2.22. The van der Waals surface area contributed by atoms with Gasteiger partial charge in [-0.2, -0.15) is 9.40 Å². The summed E-state index contributed by atoms with van der Waals surface area (Å²) in [6.45, 7) is 3.46. The molecular weight excluding hydrogens is 635 g/mol. The van der Waals surface area contributed by atoms with Crippen LogP contribution in [0.5, 0.6) is 23.0 Å². The van der Waals surface area contributed by atoms with E-state index in [1.807, 2.05) is 13.0 Å². The largest absolute Gasteiger partial charge is 0.497 e. The Balaban J connectivity index is 1.35. The molecule has 0 radical (unpaired) electrons. The molecule has 1 fully saturated rings. The van der Waals surface area contributed by atoms with Crippen molar-refractivity contribution < 1.29 is 37.0 Å². The first-order valence-corrected chi connectivity index (χ1v) is 16.7. The van der Waals surface area contributed by atoms with Crippen LogP contribution in [0.25, 0.3) is 10.6 Å². The van der Waals surface area contributed by atoms with Gasteiger partial charge in [0.05, 0.1) is 36.6 Å². The lowest BCUT2D eigenvalue weighted by Crippen LogP contribution is -2.45. The van der Waals surface area contributed by atoms with Gasteiger partial charge in [-0.15, -0.1) is 11.3 Å². The molecule has 0 aliphatic carbocycles. The number of nitrogens with one attached hydrogen (secondary N) is 3. The van der Waals surface area contributed by atoms with Crippen molar-refractivity contribution in [1.82, 2.24) is 25.1 Å². The molecule has 3 N–H and O–H groups in total. The quantitative estimate of drug-likeness (QED) is 0.291. The molecule has 242 valence electrons. The van der Waals surface area contributed by atoms with Crippen LogP contribution in [0, 0.1) is 13.8 Å². The minimum atomic E-state index is -3.98. The molecule has 1 saturated heterocycles. The molecule has 2 atom stereocenters. The van der Waals surface area contributed by atoms with E-state index < -0.39 is 28.1 Å². The smallest absolute Gasteiger partial charge is 0.258 e. The number of carbonyl (C=O) groups excluding carboxylic acids is 2. The molecule has 0 spiro atoms. The van der Waals surface area contributed by atoms with Crippen LogP contribution >= 0.6 is 11.3 Å². The van der Waals surface area contributed by atoms with Crippen molar-refractivity contribution in [3.05, 3.63) is 70.2 Å². The number of ether oxygens (including phenoxy) is 4. The summed E-state index contributed by atoms with van der Waals surface area (Å²) in [4.78, 5) is 27.7. The first kappa shape index (κ1) is 31.4. The van der Waals surface area contributed by atoms with Gasteiger partial charge in [-0.25, -0.2) is 8.42 Å². The van der Waals surface area contributed by atoms with E-state index in [1.165, 1.54) is 42.0 Å². The number of aromatic nitrogens is 2. The fourth-order valence-corrected chi connectivity index (χ4v) is 8.39. The summed E-state index contributed by atoms with van der Waals surface area (Å²) in [5.74, 6) is 0.620. The van der Waals surface area contributed by atoms with Crippen LogP contribution in [0.1, 0.15) is 26.5 Å². The first-order chi connectivity index (χ1) is 22.0. The lowest BCUT2D eigenvalue weighted by molar-refractivity contribution is -0.123. The summed E-state index contributed by atoms with van der Waals surface area (Å²) in [5.41, 5.74) is 2.44. The Hall–Kier alpha value is -4.60. The van der Waals surface area contributed by atoms with E-state index in [-0.39, 0.29) is 48.4 Å². The number of fused-ring (bicyclic) bond motifs is 7. The maximum Gasteiger partial charge on any atom is 0.258 e. The average Bonchev–Trinajstić information content (AvgIpc) is 3.77. The molecule has 2 aromatic carbocycles. The van der Waals surface area contributed by atoms with Gasteiger partial charge in [0.1, 0.15) is 34.8 Å². The molecule has 4 aromatic rings. The number of hydrogen-bond acceptors (Lipinski definition) is 10. The SMILES string of the molecule is COc1cc2cc(c1)C(=O)N[C@H]1CN(S(=O)(=O)c3cc(-c4cc(C)[nH]n4)sc3C)C[C@@H]1Oc1ccc(c(OC)c1)CNC(=O)CO2. The van der Waals surface area contributed by atoms with Gasteiger partial charge in [0, 0.05) is 46.9 Å². The van der Waals surface area contributed by atoms with Crippen LogP contribution in [-0.4, -0.2) is 80.8 Å². The number of aryl methyl sites for hydroxylation is 2. The predicted molar refractivity (Wildman–Crippen MR) is 169 cm³/mol. The van der Waals surface area contributed by atoms with E-state index in [1.54, 1.807) is 37.3 Å². The van der Waals surface area contributed by atoms with Gasteiger partial charge in [0.2, 0.25) is 10.0 Å². The van der Waals surface area contributed by atoms with Crippen molar-refractivity contribution in [2.24, 2.45) is 0 Å². The van der Waals surface area contributed by atoms with Gasteiger partial charge in [-0.3, -0.25) is 14.7 Å². The number of methoxy groups -OCH3 is 2. The van der Waals surface area contributed by atoms with Crippen molar-refractivity contribution >= 4 is 33.2 Å². The minimum Gasteiger partial charge on any atom is -0.497 e. The molecule has 3 aliphatic rings. The second kappa shape index (κ2) is 12.7. The Bertz CT molecular complexity index is 1900. The molecule has 13 nitrogen and oxygen atoms in total. The van der Waals surface area contributed by atoms with E-state index in [0.29, 0.717) is 33.4 Å². The number of hydrogen-bond donors (Lipinski definition) is 3. The Kier molecular flexibility index (Phi) is 8.63. The number of amides is 2. The molecule has 0 saturated carbocycles. The van der Waals surface area contributed by atoms with Gasteiger partial charge in [0.15, 0.2) is 6.61 Å². The molecule has 5 heterocycles. The first-order valence-electron chi connectivity index (χ1n) is 14.4. The molecule has 4 bridgehead atoms. The summed E-state index contributed by atoms with van der Waals surface area (Å²) in [5, 5.41) is 12.9. The Labute approximate surface area is 269 Å². The molecule has 2 aromatic heterocycles. The summed E-state index contributed by atoms with van der Waals surface area (Å²) >= 11 is 1.35. The zero-order valence-corrected chi connectivity index (χ0v) is 27.2. The van der Waals surface area contributed by atoms with Crippen LogP contribution in [0.3, 0.4) is 0 Å². The van der Waals surface area contributed by atoms with Crippen molar-refractivity contribution in [2.75, 3.05) is 33.9 Å². The summed E-state index contributed by atoms with van der Waals surface area (Å²) < 4.78 is 52.4. The number of thiophene rings is 1. The van der Waals surface area contributed by atoms with Gasteiger partial charge < -0.3 is 29.6 Å². The molecule has 46 heavy (non-hydrogen) atoms. The van der Waals surface area contributed by atoms with E-state index >= 15 is 0 Å². The molecule has 2 amide bonds. The van der Waals surface area contributed by atoms with Crippen LogP contribution in [-0.2, 0) is 21.4 Å². The highest BCUT2D eigenvalue weighted by atomic mass is 32.2. The number of aromatic amines is 1. The van der Waals surface area contributed by atoms with Crippen molar-refractivity contribution in [3.8, 4) is 33.6 Å². The van der Waals surface area contributed by atoms with E-state index in [2.05, 4.69) is 20.8 Å². The highest BCUT2D eigenvalue weighted by Crippen LogP contribution is 2.36. The van der Waals surface area contributed by atoms with Crippen LogP contribution < -0.4 is 29.6 Å². The minimum absolute atomic E-state index is 0.0218. The van der Waals surface area contributed by atoms with E-state index in [0.717, 1.165) is 10.6 Å². The molecular formula is C31H33N5O8S2. The van der Waals surface area contributed by atoms with E-state index in [4.69, 9.17) is 18.9 Å². The van der Waals surface area contributed by atoms with Gasteiger partial charge in [-0.05, 0) is 50.2 Å². The number of sulfonamides is 1. The summed E-state index contributed by atoms with van der Waals surface area (Å²) in [6.07, 6.45) is -0.751. The molecule has 0 unspecified atom stereocenters. The van der Waals surface area contributed by atoms with Gasteiger partial charge in [0.25, 0.3) is 11.8 Å². The highest BCUT2D eigenvalue weighted by Gasteiger charge is 2.43. The third kappa shape index (κ3) is 6.38. The van der Waals surface area contributed by atoms with E-state index in [9.17, 15) is 18.0 Å². The molecule has 15 heteroatoms. The topological polar surface area (TPSA) is 161 Å². The highest BCUT2D eigenvalue weighted by molar-refractivity contribution is 7.89. The standard InChI is InChI=1S/C31H33N5O8S2/c1-17-7-24(35-34-17)28-12-29(18(2)45-28)46(39,40)36-14-25-27(15-36)44-21-6-5-19(26(11-21)42-4)13-32-30(37)16-43-23-9-20(31(38)33-25)8-22(10-23)41-3/h5-12,25,27H,13-16H2,1-4H3,(H,32,37)(H,33,38)(H,34,35)/t25-,27-/m0/s1. The molecule has 3 aliphatic heterocycles. The lowest BCUT2D eigenvalue weighted by atomic mass is 10.1. The zero-order chi connectivity index (χ0) is 32.6. The van der Waals surface area contributed by atoms with Crippen LogP contribution in [0.4, 0.5) is 0 Å². The maximum absolute atomic E-state index is 14.1. The number of nitrogens with zero attached hydrogens (tertiary/aromatic N) is 2. The average molecular weight is 668 g/mol. The van der Waals surface area contributed by atoms with Crippen molar-refractivity contribution in [2.45, 2.75) is 37.4 Å². The number of H-pyrrole nitrogens is 1. The second-order valence-corrected chi connectivity index (χ2v) is 14.1.